The van der Waals surface area contributed by atoms with Crippen LogP contribution in [0.25, 0.3) is 10.9 Å². The van der Waals surface area contributed by atoms with Crippen molar-refractivity contribution >= 4 is 58.8 Å². The van der Waals surface area contributed by atoms with Crippen LogP contribution in [0.1, 0.15) is 24.8 Å². The van der Waals surface area contributed by atoms with Crippen LogP contribution in [0.5, 0.6) is 0 Å². The number of nitrogens with zero attached hydrogens (tertiary/aromatic N) is 1. The Balaban J connectivity index is 1.97. The Hall–Kier alpha value is -3.55. The van der Waals surface area contributed by atoms with Gasteiger partial charge in [0.2, 0.25) is 11.8 Å². The summed E-state index contributed by atoms with van der Waals surface area (Å²) in [6.45, 7) is 0.447. The number of ether oxygens (including phenoxy) is 1. The van der Waals surface area contributed by atoms with Crippen molar-refractivity contribution in [2.24, 2.45) is 5.73 Å². The molecule has 0 aliphatic rings. The number of thiol groups is 1. The summed E-state index contributed by atoms with van der Waals surface area (Å²) in [7, 11) is 1.24. The van der Waals surface area contributed by atoms with E-state index in [2.05, 4.69) is 28.2 Å². The minimum absolute atomic E-state index is 0.0506. The van der Waals surface area contributed by atoms with Crippen LogP contribution in [0.4, 0.5) is 5.69 Å². The Morgan fingerprint density at radius 1 is 1.10 bits per heavy atom. The average Bonchev–Trinajstić information content (AvgIpc) is 3.28. The topological polar surface area (TPSA) is 169 Å². The lowest BCUT2D eigenvalue weighted by Gasteiger charge is -2.22. The fourth-order valence-electron chi connectivity index (χ4n) is 4.08. The third-order valence-corrected chi connectivity index (χ3v) is 7.41. The number of nitro benzene ring substituents is 1. The molecule has 1 heterocycles. The standard InChI is InChI=1S/C26H31N5O6S2/c1-37-26(34)19(10-6-7-13-27)29-24(33)20(28-23(32)15-38)14-17-16-8-2-3-9-18(16)30-25(17)39-22-12-5-4-11-21(22)31(35)36/h2-5,8-9,11-12,19-20,30,38H,6-7,10,13-15,27H2,1H3,(H,28,32)(H,29,33)/t19-,20-/m0/s1. The molecule has 3 rings (SSSR count). The van der Waals surface area contributed by atoms with E-state index in [0.29, 0.717) is 41.3 Å². The number of aromatic amines is 1. The number of H-pyrrole nitrogens is 1. The van der Waals surface area contributed by atoms with Crippen molar-refractivity contribution in [3.8, 4) is 0 Å². The van der Waals surface area contributed by atoms with Gasteiger partial charge < -0.3 is 26.1 Å². The number of para-hydroxylation sites is 2. The van der Waals surface area contributed by atoms with Crippen molar-refractivity contribution in [2.75, 3.05) is 19.4 Å². The number of methoxy groups -OCH3 is 1. The first-order valence-corrected chi connectivity index (χ1v) is 13.7. The molecule has 2 amide bonds. The highest BCUT2D eigenvalue weighted by molar-refractivity contribution is 7.99. The summed E-state index contributed by atoms with van der Waals surface area (Å²) in [6, 6.07) is 11.8. The summed E-state index contributed by atoms with van der Waals surface area (Å²) < 4.78 is 4.86. The van der Waals surface area contributed by atoms with E-state index in [1.165, 1.54) is 24.9 Å². The van der Waals surface area contributed by atoms with Crippen LogP contribution in [0, 0.1) is 10.1 Å². The number of rotatable bonds is 14. The number of fused-ring (bicyclic) bond motifs is 1. The number of hydrogen-bond donors (Lipinski definition) is 5. The molecule has 0 aliphatic heterocycles. The number of aromatic nitrogens is 1. The lowest BCUT2D eigenvalue weighted by molar-refractivity contribution is -0.387. The first-order chi connectivity index (χ1) is 18.8. The number of hydrogen-bond acceptors (Lipinski definition) is 9. The molecular weight excluding hydrogens is 542 g/mol. The van der Waals surface area contributed by atoms with E-state index in [0.717, 1.165) is 10.9 Å². The molecule has 0 unspecified atom stereocenters. The first kappa shape index (κ1) is 30.0. The summed E-state index contributed by atoms with van der Waals surface area (Å²) in [6.07, 6.45) is 1.65. The van der Waals surface area contributed by atoms with Crippen molar-refractivity contribution in [1.29, 1.82) is 0 Å². The van der Waals surface area contributed by atoms with Gasteiger partial charge in [0, 0.05) is 23.4 Å². The average molecular weight is 574 g/mol. The summed E-state index contributed by atoms with van der Waals surface area (Å²) in [5.41, 5.74) is 6.96. The van der Waals surface area contributed by atoms with Gasteiger partial charge in [-0.1, -0.05) is 42.1 Å². The Morgan fingerprint density at radius 2 is 1.82 bits per heavy atom. The van der Waals surface area contributed by atoms with Gasteiger partial charge in [0.05, 0.1) is 27.7 Å². The fourth-order valence-corrected chi connectivity index (χ4v) is 5.26. The van der Waals surface area contributed by atoms with Crippen molar-refractivity contribution in [3.63, 3.8) is 0 Å². The Kier molecular flexibility index (Phi) is 11.2. The summed E-state index contributed by atoms with van der Waals surface area (Å²) in [5.74, 6) is -1.78. The van der Waals surface area contributed by atoms with Crippen LogP contribution in [0.2, 0.25) is 0 Å². The highest BCUT2D eigenvalue weighted by Gasteiger charge is 2.29. The number of nitrogens with one attached hydrogen (secondary N) is 3. The molecule has 0 spiro atoms. The number of carbonyl (C=O) groups is 3. The van der Waals surface area contributed by atoms with Gasteiger partial charge in [0.1, 0.15) is 12.1 Å². The normalized spacial score (nSPS) is 12.5. The summed E-state index contributed by atoms with van der Waals surface area (Å²) in [5, 5.41) is 18.4. The maximum absolute atomic E-state index is 13.4. The highest BCUT2D eigenvalue weighted by Crippen LogP contribution is 2.39. The van der Waals surface area contributed by atoms with E-state index >= 15 is 0 Å². The van der Waals surface area contributed by atoms with Gasteiger partial charge in [0.25, 0.3) is 5.69 Å². The molecule has 39 heavy (non-hydrogen) atoms. The predicted molar refractivity (Wildman–Crippen MR) is 152 cm³/mol. The molecule has 2 atom stereocenters. The molecule has 5 N–H and O–H groups in total. The molecule has 208 valence electrons. The van der Waals surface area contributed by atoms with Crippen LogP contribution in [0.15, 0.2) is 58.5 Å². The lowest BCUT2D eigenvalue weighted by Crippen LogP contribution is -2.53. The first-order valence-electron chi connectivity index (χ1n) is 12.3. The Labute approximate surface area is 235 Å². The van der Waals surface area contributed by atoms with Crippen LogP contribution < -0.4 is 16.4 Å². The number of nitro groups is 1. The van der Waals surface area contributed by atoms with Crippen molar-refractivity contribution in [3.05, 3.63) is 64.2 Å². The number of carbonyl (C=O) groups excluding carboxylic acids is 3. The smallest absolute Gasteiger partial charge is 0.328 e. The summed E-state index contributed by atoms with van der Waals surface area (Å²) in [4.78, 5) is 53.0. The molecule has 0 saturated heterocycles. The number of esters is 1. The quantitative estimate of drug-likeness (QED) is 0.0644. The van der Waals surface area contributed by atoms with Gasteiger partial charge in [-0.05, 0) is 43.5 Å². The minimum Gasteiger partial charge on any atom is -0.467 e. The van der Waals surface area contributed by atoms with Gasteiger partial charge in [-0.2, -0.15) is 12.6 Å². The Bertz CT molecular complexity index is 1330. The zero-order valence-electron chi connectivity index (χ0n) is 21.3. The zero-order chi connectivity index (χ0) is 28.4. The molecule has 1 aromatic heterocycles. The number of nitrogens with two attached hydrogens (primary N) is 1. The van der Waals surface area contributed by atoms with E-state index in [1.54, 1.807) is 18.2 Å². The van der Waals surface area contributed by atoms with E-state index in [1.807, 2.05) is 24.3 Å². The second-order valence-electron chi connectivity index (χ2n) is 8.66. The third kappa shape index (κ3) is 7.97. The second-order valence-corrected chi connectivity index (χ2v) is 10.0. The minimum atomic E-state index is -1.06. The highest BCUT2D eigenvalue weighted by atomic mass is 32.2. The molecule has 2 aromatic carbocycles. The SMILES string of the molecule is COC(=O)[C@H](CCCCN)NC(=O)[C@H](Cc1c(Sc2ccccc2[N+](=O)[O-])[nH]c2ccccc12)NC(=O)CS. The van der Waals surface area contributed by atoms with Crippen molar-refractivity contribution < 1.29 is 24.0 Å². The number of benzene rings is 2. The van der Waals surface area contributed by atoms with Gasteiger partial charge in [-0.3, -0.25) is 19.7 Å². The molecule has 13 heteroatoms. The molecule has 0 fully saturated rings. The molecule has 0 bridgehead atoms. The third-order valence-electron chi connectivity index (χ3n) is 6.00. The number of amides is 2. The van der Waals surface area contributed by atoms with E-state index < -0.39 is 34.8 Å². The zero-order valence-corrected chi connectivity index (χ0v) is 23.1. The van der Waals surface area contributed by atoms with Crippen LogP contribution in [0.3, 0.4) is 0 Å². The van der Waals surface area contributed by atoms with Crippen LogP contribution >= 0.6 is 24.4 Å². The van der Waals surface area contributed by atoms with Crippen LogP contribution in [-0.4, -0.2) is 59.2 Å². The van der Waals surface area contributed by atoms with E-state index in [9.17, 15) is 24.5 Å². The van der Waals surface area contributed by atoms with E-state index in [4.69, 9.17) is 10.5 Å². The second kappa shape index (κ2) is 14.6. The van der Waals surface area contributed by atoms with Crippen LogP contribution in [-0.2, 0) is 25.5 Å². The van der Waals surface area contributed by atoms with Gasteiger partial charge in [-0.15, -0.1) is 0 Å². The largest absolute Gasteiger partial charge is 0.467 e. The van der Waals surface area contributed by atoms with Gasteiger partial charge in [-0.25, -0.2) is 4.79 Å². The molecular formula is C26H31N5O6S2. The number of unbranched alkanes of at least 4 members (excludes halogenated alkanes) is 1. The molecule has 11 nitrogen and oxygen atoms in total. The summed E-state index contributed by atoms with van der Waals surface area (Å²) >= 11 is 5.19. The van der Waals surface area contributed by atoms with Gasteiger partial charge >= 0.3 is 5.97 Å². The Morgan fingerprint density at radius 3 is 2.51 bits per heavy atom. The monoisotopic (exact) mass is 573 g/mol. The van der Waals surface area contributed by atoms with Crippen molar-refractivity contribution in [2.45, 2.75) is 47.7 Å². The molecule has 0 radical (unpaired) electrons. The maximum Gasteiger partial charge on any atom is 0.328 e. The maximum atomic E-state index is 13.4. The van der Waals surface area contributed by atoms with Crippen molar-refractivity contribution in [1.82, 2.24) is 15.6 Å². The molecule has 3 aromatic rings. The lowest BCUT2D eigenvalue weighted by atomic mass is 10.0. The molecule has 0 saturated carbocycles. The predicted octanol–water partition coefficient (Wildman–Crippen LogP) is 2.97. The molecule has 0 aliphatic carbocycles. The van der Waals surface area contributed by atoms with E-state index in [-0.39, 0.29) is 17.9 Å². The fraction of sp³-hybridized carbons (Fsp3) is 0.346. The van der Waals surface area contributed by atoms with Gasteiger partial charge in [0.15, 0.2) is 0 Å².